The molecule has 9 atom stereocenters. The summed E-state index contributed by atoms with van der Waals surface area (Å²) in [5.41, 5.74) is 2.61. The second-order valence-electron chi connectivity index (χ2n) is 18.1. The van der Waals surface area contributed by atoms with Gasteiger partial charge in [-0.1, -0.05) is 136 Å². The summed E-state index contributed by atoms with van der Waals surface area (Å²) >= 11 is 0. The predicted octanol–water partition coefficient (Wildman–Crippen LogP) is 13.8. The third kappa shape index (κ3) is 10.9. The number of aliphatic hydroxyl groups excluding tert-OH is 1. The van der Waals surface area contributed by atoms with Gasteiger partial charge in [-0.25, -0.2) is 0 Å². The molecule has 5 unspecified atom stereocenters. The largest absolute Gasteiger partial charge is 0.368 e. The molecule has 0 radical (unpaired) electrons. The fourth-order valence-electron chi connectivity index (χ4n) is 11.4. The molecule has 3 saturated carbocycles. The second-order valence-corrected chi connectivity index (χ2v) is 18.1. The molecule has 2 heteroatoms. The minimum atomic E-state index is -0.584. The van der Waals surface area contributed by atoms with Crippen LogP contribution in [0.3, 0.4) is 0 Å². The lowest BCUT2D eigenvalue weighted by atomic mass is 9.47. The third-order valence-corrected chi connectivity index (χ3v) is 14.3. The topological polar surface area (TPSA) is 29.5 Å². The van der Waals surface area contributed by atoms with E-state index in [1.807, 2.05) is 0 Å². The molecule has 0 heterocycles. The van der Waals surface area contributed by atoms with E-state index in [0.717, 1.165) is 61.2 Å². The highest BCUT2D eigenvalue weighted by Gasteiger charge is 2.59. The maximum absolute atomic E-state index is 10.8. The first-order valence-corrected chi connectivity index (χ1v) is 21.4. The molecule has 4 aliphatic rings. The van der Waals surface area contributed by atoms with Crippen molar-refractivity contribution in [3.8, 4) is 0 Å². The van der Waals surface area contributed by atoms with E-state index in [1.54, 1.807) is 5.57 Å². The summed E-state index contributed by atoms with van der Waals surface area (Å²) in [6.45, 7) is 15.0. The molecule has 0 amide bonds. The molecule has 272 valence electrons. The van der Waals surface area contributed by atoms with Gasteiger partial charge in [0.15, 0.2) is 6.29 Å². The molecule has 2 nitrogen and oxygen atoms in total. The molecule has 0 aromatic carbocycles. The van der Waals surface area contributed by atoms with Crippen molar-refractivity contribution >= 4 is 0 Å². The Morgan fingerprint density at radius 2 is 1.45 bits per heavy atom. The summed E-state index contributed by atoms with van der Waals surface area (Å²) in [6.07, 6.45) is 39.8. The van der Waals surface area contributed by atoms with Gasteiger partial charge in [0.25, 0.3) is 0 Å². The first-order valence-electron chi connectivity index (χ1n) is 21.4. The van der Waals surface area contributed by atoms with E-state index in [2.05, 4.69) is 59.8 Å². The average Bonchev–Trinajstić information content (AvgIpc) is 3.40. The van der Waals surface area contributed by atoms with Gasteiger partial charge < -0.3 is 9.84 Å². The van der Waals surface area contributed by atoms with E-state index in [9.17, 15) is 5.11 Å². The van der Waals surface area contributed by atoms with Crippen LogP contribution in [-0.4, -0.2) is 17.5 Å². The molecule has 0 saturated heterocycles. The number of allylic oxidation sites excluding steroid dienone is 3. The first kappa shape index (κ1) is 39.2. The molecule has 4 rings (SSSR count). The van der Waals surface area contributed by atoms with E-state index >= 15 is 0 Å². The van der Waals surface area contributed by atoms with Gasteiger partial charge in [-0.05, 0) is 136 Å². The molecule has 0 aliphatic heterocycles. The summed E-state index contributed by atoms with van der Waals surface area (Å²) in [5, 5.41) is 10.8. The second kappa shape index (κ2) is 19.7. The van der Waals surface area contributed by atoms with Crippen LogP contribution in [0, 0.1) is 46.3 Å². The Kier molecular flexibility index (Phi) is 16.4. The lowest BCUT2D eigenvalue weighted by Gasteiger charge is -2.58. The molecule has 0 aromatic rings. The Bertz CT molecular complexity index is 934. The molecule has 47 heavy (non-hydrogen) atoms. The summed E-state index contributed by atoms with van der Waals surface area (Å²) in [4.78, 5) is 0. The first-order chi connectivity index (χ1) is 22.7. The van der Waals surface area contributed by atoms with Crippen molar-refractivity contribution in [1.29, 1.82) is 0 Å². The van der Waals surface area contributed by atoms with Crippen LogP contribution in [0.15, 0.2) is 23.8 Å². The number of hydrogen-bond donors (Lipinski definition) is 1. The van der Waals surface area contributed by atoms with Crippen LogP contribution in [0.5, 0.6) is 0 Å². The minimum absolute atomic E-state index is 0.209. The Labute approximate surface area is 293 Å². The van der Waals surface area contributed by atoms with Gasteiger partial charge in [-0.2, -0.15) is 0 Å². The number of ether oxygens (including phenoxy) is 1. The molecule has 0 aromatic heterocycles. The van der Waals surface area contributed by atoms with Crippen LogP contribution >= 0.6 is 0 Å². The van der Waals surface area contributed by atoms with Crippen molar-refractivity contribution in [1.82, 2.24) is 0 Å². The maximum Gasteiger partial charge on any atom is 0.154 e. The number of hydrogen-bond acceptors (Lipinski definition) is 2. The SMILES string of the molecule is CCCCCCCCC=CCCCCCCCC(O)OC1CC[C@@]2(C)C(=CCC3C2CC[C@@]2(C)C3CC[C@@H]2[C@H](C)CCCC(C)C)C1. The van der Waals surface area contributed by atoms with Crippen molar-refractivity contribution in [3.05, 3.63) is 23.8 Å². The monoisotopic (exact) mass is 653 g/mol. The van der Waals surface area contributed by atoms with Crippen molar-refractivity contribution < 1.29 is 9.84 Å². The number of unbranched alkanes of at least 4 members (excludes halogenated alkanes) is 11. The third-order valence-electron chi connectivity index (χ3n) is 14.3. The highest BCUT2D eigenvalue weighted by atomic mass is 16.6. The average molecular weight is 653 g/mol. The summed E-state index contributed by atoms with van der Waals surface area (Å²) in [7, 11) is 0. The molecule has 4 aliphatic carbocycles. The van der Waals surface area contributed by atoms with Crippen molar-refractivity contribution in [3.63, 3.8) is 0 Å². The zero-order valence-corrected chi connectivity index (χ0v) is 32.4. The lowest BCUT2D eigenvalue weighted by molar-refractivity contribution is -0.152. The lowest BCUT2D eigenvalue weighted by Crippen LogP contribution is -2.51. The maximum atomic E-state index is 10.8. The Morgan fingerprint density at radius 3 is 2.15 bits per heavy atom. The van der Waals surface area contributed by atoms with E-state index < -0.39 is 6.29 Å². The normalized spacial score (nSPS) is 33.4. The van der Waals surface area contributed by atoms with Gasteiger partial charge in [-0.15, -0.1) is 0 Å². The fourth-order valence-corrected chi connectivity index (χ4v) is 11.4. The minimum Gasteiger partial charge on any atom is -0.368 e. The standard InChI is InChI=1S/C45H80O2/c1-7-8-9-10-11-12-13-14-15-16-17-18-19-20-21-25-43(46)47-38-30-32-44(5)37(34-38)26-27-39-41-29-28-40(36(4)24-22-23-35(2)3)45(41,6)33-31-42(39)44/h14-15,26,35-36,38-43,46H,7-13,16-25,27-34H2,1-6H3/t36-,38?,39?,40-,41?,42?,43?,44+,45-/m1/s1. The zero-order valence-electron chi connectivity index (χ0n) is 32.4. The molecule has 0 spiro atoms. The smallest absolute Gasteiger partial charge is 0.154 e. The van der Waals surface area contributed by atoms with Crippen LogP contribution in [-0.2, 0) is 4.74 Å². The highest BCUT2D eigenvalue weighted by molar-refractivity contribution is 5.25. The number of aliphatic hydroxyl groups is 1. The van der Waals surface area contributed by atoms with Crippen LogP contribution in [0.1, 0.15) is 202 Å². The van der Waals surface area contributed by atoms with Crippen molar-refractivity contribution in [2.75, 3.05) is 0 Å². The van der Waals surface area contributed by atoms with Gasteiger partial charge in [-0.3, -0.25) is 0 Å². The van der Waals surface area contributed by atoms with Gasteiger partial charge in [0, 0.05) is 0 Å². The Balaban J connectivity index is 1.12. The van der Waals surface area contributed by atoms with E-state index in [1.165, 1.54) is 135 Å². The molecular formula is C45H80O2. The Morgan fingerprint density at radius 1 is 0.766 bits per heavy atom. The van der Waals surface area contributed by atoms with Crippen LogP contribution in [0.2, 0.25) is 0 Å². The van der Waals surface area contributed by atoms with Gasteiger partial charge in [0.1, 0.15) is 0 Å². The quantitative estimate of drug-likeness (QED) is 0.0716. The number of fused-ring (bicyclic) bond motifs is 5. The highest BCUT2D eigenvalue weighted by Crippen LogP contribution is 2.67. The molecule has 0 bridgehead atoms. The van der Waals surface area contributed by atoms with Crippen LogP contribution in [0.4, 0.5) is 0 Å². The summed E-state index contributed by atoms with van der Waals surface area (Å²) in [6, 6.07) is 0. The fraction of sp³-hybridized carbons (Fsp3) is 0.911. The zero-order chi connectivity index (χ0) is 33.7. The Hall–Kier alpha value is -0.600. The van der Waals surface area contributed by atoms with E-state index in [4.69, 9.17) is 4.74 Å². The predicted molar refractivity (Wildman–Crippen MR) is 203 cm³/mol. The summed E-state index contributed by atoms with van der Waals surface area (Å²) < 4.78 is 6.32. The molecule has 3 fully saturated rings. The van der Waals surface area contributed by atoms with Crippen molar-refractivity contribution in [2.45, 2.75) is 214 Å². The van der Waals surface area contributed by atoms with Crippen molar-refractivity contribution in [2.24, 2.45) is 46.3 Å². The van der Waals surface area contributed by atoms with Crippen LogP contribution in [0.25, 0.3) is 0 Å². The molecule has 1 N–H and O–H groups in total. The van der Waals surface area contributed by atoms with E-state index in [0.29, 0.717) is 10.8 Å². The molecular weight excluding hydrogens is 572 g/mol. The van der Waals surface area contributed by atoms with E-state index in [-0.39, 0.29) is 6.10 Å². The van der Waals surface area contributed by atoms with Gasteiger partial charge in [0.05, 0.1) is 6.10 Å². The van der Waals surface area contributed by atoms with Gasteiger partial charge in [0.2, 0.25) is 0 Å². The number of rotatable bonds is 22. The van der Waals surface area contributed by atoms with Crippen LogP contribution < -0.4 is 0 Å². The van der Waals surface area contributed by atoms with Gasteiger partial charge >= 0.3 is 0 Å². The summed E-state index contributed by atoms with van der Waals surface area (Å²) in [5.74, 6) is 5.34.